The van der Waals surface area contributed by atoms with Crippen LogP contribution in [0.2, 0.25) is 5.02 Å². The standard InChI is InChI=1S/C13H18ClFN2O/c1-3-16-7-9(2)13(18)17-8-10-4-5-12(15)11(14)6-10/h4-6,9,16H,3,7-8H2,1-2H3,(H,17,18). The Morgan fingerprint density at radius 3 is 2.83 bits per heavy atom. The molecule has 0 aliphatic heterocycles. The summed E-state index contributed by atoms with van der Waals surface area (Å²) in [4.78, 5) is 11.7. The molecule has 1 aromatic rings. The van der Waals surface area contributed by atoms with E-state index >= 15 is 0 Å². The van der Waals surface area contributed by atoms with Crippen molar-refractivity contribution >= 4 is 17.5 Å². The Hall–Kier alpha value is -1.13. The average Bonchev–Trinajstić information content (AvgIpc) is 2.36. The van der Waals surface area contributed by atoms with Crippen LogP contribution >= 0.6 is 11.6 Å². The summed E-state index contributed by atoms with van der Waals surface area (Å²) < 4.78 is 12.9. The van der Waals surface area contributed by atoms with Crippen LogP contribution in [0.5, 0.6) is 0 Å². The van der Waals surface area contributed by atoms with Gasteiger partial charge in [-0.15, -0.1) is 0 Å². The van der Waals surface area contributed by atoms with Crippen LogP contribution in [0.15, 0.2) is 18.2 Å². The van der Waals surface area contributed by atoms with E-state index in [4.69, 9.17) is 11.6 Å². The molecule has 100 valence electrons. The van der Waals surface area contributed by atoms with Crippen molar-refractivity contribution in [3.05, 3.63) is 34.6 Å². The van der Waals surface area contributed by atoms with Gasteiger partial charge in [-0.3, -0.25) is 4.79 Å². The van der Waals surface area contributed by atoms with Crippen LogP contribution in [0.25, 0.3) is 0 Å². The summed E-state index contributed by atoms with van der Waals surface area (Å²) in [5, 5.41) is 5.98. The van der Waals surface area contributed by atoms with Crippen molar-refractivity contribution < 1.29 is 9.18 Å². The summed E-state index contributed by atoms with van der Waals surface area (Å²) in [7, 11) is 0. The van der Waals surface area contributed by atoms with E-state index in [1.165, 1.54) is 12.1 Å². The lowest BCUT2D eigenvalue weighted by atomic mass is 10.1. The fraction of sp³-hybridized carbons (Fsp3) is 0.462. The zero-order chi connectivity index (χ0) is 13.5. The number of benzene rings is 1. The van der Waals surface area contributed by atoms with Gasteiger partial charge in [0, 0.05) is 19.0 Å². The van der Waals surface area contributed by atoms with Gasteiger partial charge in [0.15, 0.2) is 0 Å². The lowest BCUT2D eigenvalue weighted by molar-refractivity contribution is -0.124. The topological polar surface area (TPSA) is 41.1 Å². The normalized spacial score (nSPS) is 12.2. The van der Waals surface area contributed by atoms with Crippen molar-refractivity contribution in [2.75, 3.05) is 13.1 Å². The van der Waals surface area contributed by atoms with Crippen molar-refractivity contribution in [3.63, 3.8) is 0 Å². The van der Waals surface area contributed by atoms with Crippen LogP contribution in [0.3, 0.4) is 0 Å². The number of halogens is 2. The van der Waals surface area contributed by atoms with Crippen LogP contribution in [0.4, 0.5) is 4.39 Å². The van der Waals surface area contributed by atoms with Gasteiger partial charge >= 0.3 is 0 Å². The van der Waals surface area contributed by atoms with Gasteiger partial charge in [-0.25, -0.2) is 4.39 Å². The molecule has 0 bridgehead atoms. The first-order valence-electron chi connectivity index (χ1n) is 5.97. The van der Waals surface area contributed by atoms with E-state index in [0.717, 1.165) is 12.1 Å². The summed E-state index contributed by atoms with van der Waals surface area (Å²) in [6.45, 7) is 5.69. The molecule has 0 spiro atoms. The third kappa shape index (κ3) is 4.63. The monoisotopic (exact) mass is 272 g/mol. The summed E-state index contributed by atoms with van der Waals surface area (Å²) >= 11 is 5.66. The van der Waals surface area contributed by atoms with E-state index in [-0.39, 0.29) is 16.8 Å². The Labute approximate surface area is 112 Å². The molecule has 0 aromatic heterocycles. The molecule has 0 fully saturated rings. The largest absolute Gasteiger partial charge is 0.352 e. The lowest BCUT2D eigenvalue weighted by Gasteiger charge is -2.12. The van der Waals surface area contributed by atoms with Gasteiger partial charge in [-0.2, -0.15) is 0 Å². The molecule has 1 rings (SSSR count). The Kier molecular flexibility index (Phi) is 6.09. The molecule has 1 unspecified atom stereocenters. The average molecular weight is 273 g/mol. The van der Waals surface area contributed by atoms with Gasteiger partial charge in [-0.05, 0) is 24.2 Å². The highest BCUT2D eigenvalue weighted by Gasteiger charge is 2.11. The quantitative estimate of drug-likeness (QED) is 0.835. The smallest absolute Gasteiger partial charge is 0.224 e. The van der Waals surface area contributed by atoms with Gasteiger partial charge in [0.1, 0.15) is 5.82 Å². The fourth-order valence-corrected chi connectivity index (χ4v) is 1.67. The fourth-order valence-electron chi connectivity index (χ4n) is 1.47. The number of rotatable bonds is 6. The Morgan fingerprint density at radius 1 is 1.50 bits per heavy atom. The highest BCUT2D eigenvalue weighted by atomic mass is 35.5. The SMILES string of the molecule is CCNCC(C)C(=O)NCc1ccc(F)c(Cl)c1. The van der Waals surface area contributed by atoms with Crippen molar-refractivity contribution in [2.45, 2.75) is 20.4 Å². The second kappa shape index (κ2) is 7.34. The second-order valence-electron chi connectivity index (χ2n) is 4.17. The molecular weight excluding hydrogens is 255 g/mol. The van der Waals surface area contributed by atoms with Gasteiger partial charge in [0.2, 0.25) is 5.91 Å². The highest BCUT2D eigenvalue weighted by molar-refractivity contribution is 6.30. The first kappa shape index (κ1) is 14.9. The van der Waals surface area contributed by atoms with E-state index in [1.54, 1.807) is 6.07 Å². The van der Waals surface area contributed by atoms with E-state index in [1.807, 2.05) is 13.8 Å². The van der Waals surface area contributed by atoms with Gasteiger partial charge in [-0.1, -0.05) is 31.5 Å². The molecule has 3 nitrogen and oxygen atoms in total. The maximum Gasteiger partial charge on any atom is 0.224 e. The molecule has 0 heterocycles. The third-order valence-electron chi connectivity index (χ3n) is 2.60. The zero-order valence-electron chi connectivity index (χ0n) is 10.6. The lowest BCUT2D eigenvalue weighted by Crippen LogP contribution is -2.34. The summed E-state index contributed by atoms with van der Waals surface area (Å²) in [5.74, 6) is -0.579. The van der Waals surface area contributed by atoms with Gasteiger partial charge in [0.05, 0.1) is 5.02 Å². The third-order valence-corrected chi connectivity index (χ3v) is 2.89. The van der Waals surface area contributed by atoms with E-state index in [2.05, 4.69) is 10.6 Å². The minimum Gasteiger partial charge on any atom is -0.352 e. The number of carbonyl (C=O) groups excluding carboxylic acids is 1. The Balaban J connectivity index is 2.44. The maximum atomic E-state index is 12.9. The second-order valence-corrected chi connectivity index (χ2v) is 4.58. The van der Waals surface area contributed by atoms with Crippen LogP contribution in [0, 0.1) is 11.7 Å². The molecular formula is C13H18ClFN2O. The number of hydrogen-bond acceptors (Lipinski definition) is 2. The van der Waals surface area contributed by atoms with Crippen molar-refractivity contribution in [1.29, 1.82) is 0 Å². The molecule has 1 aromatic carbocycles. The summed E-state index contributed by atoms with van der Waals surface area (Å²) in [6.07, 6.45) is 0. The molecule has 5 heteroatoms. The maximum absolute atomic E-state index is 12.9. The zero-order valence-corrected chi connectivity index (χ0v) is 11.4. The molecule has 0 radical (unpaired) electrons. The number of carbonyl (C=O) groups is 1. The molecule has 0 aliphatic rings. The molecule has 2 N–H and O–H groups in total. The minimum atomic E-state index is -0.452. The van der Waals surface area contributed by atoms with Crippen molar-refractivity contribution in [3.8, 4) is 0 Å². The van der Waals surface area contributed by atoms with Crippen LogP contribution < -0.4 is 10.6 Å². The molecule has 0 saturated carbocycles. The van der Waals surface area contributed by atoms with E-state index in [9.17, 15) is 9.18 Å². The summed E-state index contributed by atoms with van der Waals surface area (Å²) in [5.41, 5.74) is 0.783. The molecule has 1 amide bonds. The van der Waals surface area contributed by atoms with Gasteiger partial charge in [0.25, 0.3) is 0 Å². The van der Waals surface area contributed by atoms with Crippen LogP contribution in [-0.4, -0.2) is 19.0 Å². The number of nitrogens with one attached hydrogen (secondary N) is 2. The predicted octanol–water partition coefficient (Wildman–Crippen LogP) is 2.34. The number of amides is 1. The summed E-state index contributed by atoms with van der Waals surface area (Å²) in [6, 6.07) is 4.43. The molecule has 0 aliphatic carbocycles. The van der Waals surface area contributed by atoms with E-state index < -0.39 is 5.82 Å². The molecule has 1 atom stereocenters. The highest BCUT2D eigenvalue weighted by Crippen LogP contribution is 2.15. The number of hydrogen-bond donors (Lipinski definition) is 2. The Bertz CT molecular complexity index is 412. The Morgan fingerprint density at radius 2 is 2.22 bits per heavy atom. The van der Waals surface area contributed by atoms with Gasteiger partial charge < -0.3 is 10.6 Å². The molecule has 18 heavy (non-hydrogen) atoms. The van der Waals surface area contributed by atoms with Crippen molar-refractivity contribution in [2.24, 2.45) is 5.92 Å². The van der Waals surface area contributed by atoms with Crippen molar-refractivity contribution in [1.82, 2.24) is 10.6 Å². The minimum absolute atomic E-state index is 0.0311. The van der Waals surface area contributed by atoms with Crippen LogP contribution in [-0.2, 0) is 11.3 Å². The first-order valence-corrected chi connectivity index (χ1v) is 6.34. The van der Waals surface area contributed by atoms with E-state index in [0.29, 0.717) is 13.1 Å². The molecule has 0 saturated heterocycles. The van der Waals surface area contributed by atoms with Crippen LogP contribution in [0.1, 0.15) is 19.4 Å². The first-order chi connectivity index (χ1) is 8.54. The predicted molar refractivity (Wildman–Crippen MR) is 71.0 cm³/mol.